The number of aliphatic hydroxyl groups is 1. The van der Waals surface area contributed by atoms with E-state index in [4.69, 9.17) is 5.11 Å². The molecule has 1 aromatic carbocycles. The Morgan fingerprint density at radius 3 is 2.40 bits per heavy atom. The molecule has 0 aliphatic heterocycles. The largest absolute Gasteiger partial charge is 0.478 e. The number of hydrogen-bond donors (Lipinski definition) is 3. The standard InChI is InChI=1S/C14H20N2O4/c1-9-7-10(5-6-11(9)12(17)18)15-13(19)16(4)8-14(2,3)20/h5-7,20H,8H2,1-4H3,(H,15,19)(H,17,18). The van der Waals surface area contributed by atoms with Crippen LogP contribution in [0.15, 0.2) is 18.2 Å². The van der Waals surface area contributed by atoms with E-state index in [1.165, 1.54) is 17.0 Å². The minimum absolute atomic E-state index is 0.186. The van der Waals surface area contributed by atoms with Gasteiger partial charge in [0.15, 0.2) is 0 Å². The molecule has 0 aliphatic carbocycles. The van der Waals surface area contributed by atoms with Gasteiger partial charge in [-0.2, -0.15) is 0 Å². The third-order valence-corrected chi connectivity index (χ3v) is 2.68. The van der Waals surface area contributed by atoms with Crippen LogP contribution in [0.1, 0.15) is 29.8 Å². The molecule has 1 aromatic rings. The maximum absolute atomic E-state index is 11.9. The molecule has 0 atom stereocenters. The molecule has 6 nitrogen and oxygen atoms in total. The fraction of sp³-hybridized carbons (Fsp3) is 0.429. The highest BCUT2D eigenvalue weighted by Crippen LogP contribution is 2.16. The first-order valence-corrected chi connectivity index (χ1v) is 6.18. The van der Waals surface area contributed by atoms with Crippen LogP contribution in [0, 0.1) is 6.92 Å². The third-order valence-electron chi connectivity index (χ3n) is 2.68. The first-order chi connectivity index (χ1) is 9.10. The van der Waals surface area contributed by atoms with Gasteiger partial charge in [0.2, 0.25) is 0 Å². The predicted octanol–water partition coefficient (Wildman–Crippen LogP) is 1.93. The molecule has 0 saturated heterocycles. The number of likely N-dealkylation sites (N-methyl/N-ethyl adjacent to an activating group) is 1. The zero-order valence-corrected chi connectivity index (χ0v) is 12.1. The second kappa shape index (κ2) is 5.92. The van der Waals surface area contributed by atoms with E-state index in [1.807, 2.05) is 0 Å². The van der Waals surface area contributed by atoms with Crippen LogP contribution < -0.4 is 5.32 Å². The van der Waals surface area contributed by atoms with Gasteiger partial charge in [-0.05, 0) is 44.5 Å². The van der Waals surface area contributed by atoms with Crippen LogP contribution in [0.4, 0.5) is 10.5 Å². The predicted molar refractivity (Wildman–Crippen MR) is 76.1 cm³/mol. The number of aryl methyl sites for hydroxylation is 1. The van der Waals surface area contributed by atoms with Crippen LogP contribution in [0.3, 0.4) is 0 Å². The highest BCUT2D eigenvalue weighted by atomic mass is 16.4. The van der Waals surface area contributed by atoms with Gasteiger partial charge in [-0.15, -0.1) is 0 Å². The Balaban J connectivity index is 2.76. The summed E-state index contributed by atoms with van der Waals surface area (Å²) in [6.07, 6.45) is 0. The quantitative estimate of drug-likeness (QED) is 0.786. The molecule has 0 spiro atoms. The van der Waals surface area contributed by atoms with Gasteiger partial charge < -0.3 is 20.4 Å². The summed E-state index contributed by atoms with van der Waals surface area (Å²) in [6, 6.07) is 4.21. The number of anilines is 1. The molecule has 6 heteroatoms. The molecule has 0 unspecified atom stereocenters. The van der Waals surface area contributed by atoms with Gasteiger partial charge in [0, 0.05) is 12.7 Å². The van der Waals surface area contributed by atoms with Crippen LogP contribution in [0.25, 0.3) is 0 Å². The van der Waals surface area contributed by atoms with Crippen molar-refractivity contribution in [3.8, 4) is 0 Å². The van der Waals surface area contributed by atoms with E-state index in [0.29, 0.717) is 11.3 Å². The SMILES string of the molecule is Cc1cc(NC(=O)N(C)CC(C)(C)O)ccc1C(=O)O. The monoisotopic (exact) mass is 280 g/mol. The molecule has 0 radical (unpaired) electrons. The van der Waals surface area contributed by atoms with Crippen LogP contribution in [0.5, 0.6) is 0 Å². The van der Waals surface area contributed by atoms with E-state index in [1.54, 1.807) is 33.9 Å². The fourth-order valence-corrected chi connectivity index (χ4v) is 1.85. The van der Waals surface area contributed by atoms with Gasteiger partial charge in [-0.3, -0.25) is 0 Å². The van der Waals surface area contributed by atoms with Crippen molar-refractivity contribution in [2.75, 3.05) is 18.9 Å². The third kappa shape index (κ3) is 4.55. The first-order valence-electron chi connectivity index (χ1n) is 6.18. The lowest BCUT2D eigenvalue weighted by atomic mass is 10.1. The van der Waals surface area contributed by atoms with Crippen molar-refractivity contribution in [1.29, 1.82) is 0 Å². The number of carbonyl (C=O) groups is 2. The summed E-state index contributed by atoms with van der Waals surface area (Å²) < 4.78 is 0. The van der Waals surface area contributed by atoms with Crippen molar-refractivity contribution in [1.82, 2.24) is 4.90 Å². The summed E-state index contributed by atoms with van der Waals surface area (Å²) >= 11 is 0. The first kappa shape index (κ1) is 16.0. The molecule has 0 aromatic heterocycles. The van der Waals surface area contributed by atoms with Gasteiger partial charge in [-0.25, -0.2) is 9.59 Å². The van der Waals surface area contributed by atoms with Crippen molar-refractivity contribution >= 4 is 17.7 Å². The number of carboxylic acids is 1. The number of aromatic carboxylic acids is 1. The maximum atomic E-state index is 11.9. The zero-order chi connectivity index (χ0) is 15.5. The second-order valence-electron chi connectivity index (χ2n) is 5.43. The van der Waals surface area contributed by atoms with Gasteiger partial charge >= 0.3 is 12.0 Å². The average molecular weight is 280 g/mol. The van der Waals surface area contributed by atoms with Crippen molar-refractivity contribution in [2.45, 2.75) is 26.4 Å². The summed E-state index contributed by atoms with van der Waals surface area (Å²) in [5.74, 6) is -1.00. The average Bonchev–Trinajstić information content (AvgIpc) is 2.26. The van der Waals surface area contributed by atoms with Crippen molar-refractivity contribution < 1.29 is 19.8 Å². The van der Waals surface area contributed by atoms with E-state index in [9.17, 15) is 14.7 Å². The van der Waals surface area contributed by atoms with Gasteiger partial charge in [0.1, 0.15) is 0 Å². The molecular formula is C14H20N2O4. The molecule has 110 valence electrons. The summed E-state index contributed by atoms with van der Waals surface area (Å²) in [5.41, 5.74) is 0.309. The molecular weight excluding hydrogens is 260 g/mol. The van der Waals surface area contributed by atoms with Gasteiger partial charge in [-0.1, -0.05) is 0 Å². The Morgan fingerprint density at radius 1 is 1.35 bits per heavy atom. The second-order valence-corrected chi connectivity index (χ2v) is 5.43. The molecule has 0 fully saturated rings. The van der Waals surface area contributed by atoms with Crippen LogP contribution in [-0.2, 0) is 0 Å². The van der Waals surface area contributed by atoms with Crippen molar-refractivity contribution in [3.05, 3.63) is 29.3 Å². The van der Waals surface area contributed by atoms with E-state index in [0.717, 1.165) is 0 Å². The van der Waals surface area contributed by atoms with E-state index in [-0.39, 0.29) is 18.1 Å². The van der Waals surface area contributed by atoms with E-state index >= 15 is 0 Å². The number of urea groups is 1. The van der Waals surface area contributed by atoms with Gasteiger partial charge in [0.25, 0.3) is 0 Å². The molecule has 20 heavy (non-hydrogen) atoms. The van der Waals surface area contributed by atoms with Crippen molar-refractivity contribution in [3.63, 3.8) is 0 Å². The Morgan fingerprint density at radius 2 is 1.95 bits per heavy atom. The highest BCUT2D eigenvalue weighted by molar-refractivity contribution is 5.92. The molecule has 3 N–H and O–H groups in total. The summed E-state index contributed by atoms with van der Waals surface area (Å²) in [7, 11) is 1.58. The maximum Gasteiger partial charge on any atom is 0.335 e. The zero-order valence-electron chi connectivity index (χ0n) is 12.1. The van der Waals surface area contributed by atoms with Crippen LogP contribution in [-0.4, -0.2) is 46.3 Å². The lowest BCUT2D eigenvalue weighted by Crippen LogP contribution is -2.41. The normalized spacial score (nSPS) is 11.1. The lowest BCUT2D eigenvalue weighted by Gasteiger charge is -2.25. The number of rotatable bonds is 4. The topological polar surface area (TPSA) is 89.9 Å². The summed E-state index contributed by atoms with van der Waals surface area (Å²) in [4.78, 5) is 24.2. The Bertz CT molecular complexity index is 520. The Kier molecular flexibility index (Phi) is 4.73. The number of amides is 2. The van der Waals surface area contributed by atoms with Crippen molar-refractivity contribution in [2.24, 2.45) is 0 Å². The number of hydrogen-bond acceptors (Lipinski definition) is 3. The van der Waals surface area contributed by atoms with E-state index < -0.39 is 11.6 Å². The van der Waals surface area contributed by atoms with E-state index in [2.05, 4.69) is 5.32 Å². The highest BCUT2D eigenvalue weighted by Gasteiger charge is 2.19. The minimum Gasteiger partial charge on any atom is -0.478 e. The number of nitrogens with zero attached hydrogens (tertiary/aromatic N) is 1. The number of benzene rings is 1. The number of nitrogens with one attached hydrogen (secondary N) is 1. The molecule has 0 heterocycles. The summed E-state index contributed by atoms with van der Waals surface area (Å²) in [5, 5.41) is 21.2. The molecule has 0 bridgehead atoms. The molecule has 0 aliphatic rings. The Labute approximate surface area is 118 Å². The number of carbonyl (C=O) groups excluding carboxylic acids is 1. The lowest BCUT2D eigenvalue weighted by molar-refractivity contribution is 0.0550. The fourth-order valence-electron chi connectivity index (χ4n) is 1.85. The van der Waals surface area contributed by atoms with Gasteiger partial charge in [0.05, 0.1) is 17.7 Å². The molecule has 2 amide bonds. The Hall–Kier alpha value is -2.08. The van der Waals surface area contributed by atoms with Crippen LogP contribution in [0.2, 0.25) is 0 Å². The molecule has 0 saturated carbocycles. The smallest absolute Gasteiger partial charge is 0.335 e. The van der Waals surface area contributed by atoms with Crippen LogP contribution >= 0.6 is 0 Å². The molecule has 1 rings (SSSR count). The number of carboxylic acid groups (broad SMARTS) is 1. The minimum atomic E-state index is -1.00. The summed E-state index contributed by atoms with van der Waals surface area (Å²) in [6.45, 7) is 5.08.